The summed E-state index contributed by atoms with van der Waals surface area (Å²) in [7, 11) is 0. The first-order valence-corrected chi connectivity index (χ1v) is 3.77. The average molecular weight is 150 g/mol. The highest BCUT2D eigenvalue weighted by Gasteiger charge is 1.89. The minimum Gasteiger partial charge on any atom is -0.396 e. The Balaban J connectivity index is 2.28. The Morgan fingerprint density at radius 2 is 1.91 bits per heavy atom. The van der Waals surface area contributed by atoms with Gasteiger partial charge in [0, 0.05) is 13.2 Å². The van der Waals surface area contributed by atoms with Crippen molar-refractivity contribution >= 4 is 5.69 Å². The molecule has 0 saturated heterocycles. The van der Waals surface area contributed by atoms with Crippen molar-refractivity contribution in [2.24, 2.45) is 0 Å². The standard InChI is InChI=1S/C9H12NO/c11-8-4-7-10-9-5-2-1-3-6-9/h1-3,5-6,11H,4,7-8H2. The lowest BCUT2D eigenvalue weighted by Crippen LogP contribution is -2.01. The summed E-state index contributed by atoms with van der Waals surface area (Å²) in [6, 6.07) is 9.79. The van der Waals surface area contributed by atoms with Gasteiger partial charge in [-0.3, -0.25) is 5.32 Å². The molecule has 59 valence electrons. The summed E-state index contributed by atoms with van der Waals surface area (Å²) in [4.78, 5) is 0. The Morgan fingerprint density at radius 1 is 1.18 bits per heavy atom. The fourth-order valence-corrected chi connectivity index (χ4v) is 0.812. The molecule has 1 radical (unpaired) electrons. The van der Waals surface area contributed by atoms with Crippen molar-refractivity contribution in [3.8, 4) is 0 Å². The van der Waals surface area contributed by atoms with Gasteiger partial charge in [-0.05, 0) is 18.6 Å². The van der Waals surface area contributed by atoms with Crippen molar-refractivity contribution in [3.63, 3.8) is 0 Å². The second kappa shape index (κ2) is 4.74. The van der Waals surface area contributed by atoms with Gasteiger partial charge in [-0.2, -0.15) is 0 Å². The number of hydrogen-bond donors (Lipinski definition) is 1. The smallest absolute Gasteiger partial charge is 0.0574 e. The van der Waals surface area contributed by atoms with Crippen LogP contribution in [-0.4, -0.2) is 18.3 Å². The van der Waals surface area contributed by atoms with Gasteiger partial charge in [0.2, 0.25) is 0 Å². The Morgan fingerprint density at radius 3 is 2.55 bits per heavy atom. The van der Waals surface area contributed by atoms with E-state index in [1.807, 2.05) is 30.3 Å². The summed E-state index contributed by atoms with van der Waals surface area (Å²) in [5.41, 5.74) is 0.987. The van der Waals surface area contributed by atoms with Crippen molar-refractivity contribution in [1.29, 1.82) is 0 Å². The van der Waals surface area contributed by atoms with Crippen LogP contribution in [0, 0.1) is 0 Å². The summed E-state index contributed by atoms with van der Waals surface area (Å²) < 4.78 is 0. The lowest BCUT2D eigenvalue weighted by atomic mass is 10.3. The van der Waals surface area contributed by atoms with Crippen molar-refractivity contribution in [1.82, 2.24) is 5.32 Å². The van der Waals surface area contributed by atoms with Gasteiger partial charge in [0.25, 0.3) is 0 Å². The molecular formula is C9H12NO. The van der Waals surface area contributed by atoms with Crippen LogP contribution >= 0.6 is 0 Å². The Bertz CT molecular complexity index is 186. The number of benzene rings is 1. The van der Waals surface area contributed by atoms with Crippen molar-refractivity contribution in [3.05, 3.63) is 30.3 Å². The number of aliphatic hydroxyl groups is 1. The summed E-state index contributed by atoms with van der Waals surface area (Å²) in [5, 5.41) is 12.7. The lowest BCUT2D eigenvalue weighted by Gasteiger charge is -1.99. The van der Waals surface area contributed by atoms with Crippen LogP contribution in [0.25, 0.3) is 0 Å². The molecule has 11 heavy (non-hydrogen) atoms. The van der Waals surface area contributed by atoms with E-state index in [9.17, 15) is 0 Å². The van der Waals surface area contributed by atoms with E-state index in [4.69, 9.17) is 5.11 Å². The molecular weight excluding hydrogens is 138 g/mol. The van der Waals surface area contributed by atoms with Crippen LogP contribution in [0.2, 0.25) is 0 Å². The maximum absolute atomic E-state index is 8.48. The Labute approximate surface area is 66.9 Å². The average Bonchev–Trinajstić information content (AvgIpc) is 2.07. The molecule has 0 bridgehead atoms. The van der Waals surface area contributed by atoms with E-state index in [0.717, 1.165) is 12.1 Å². The van der Waals surface area contributed by atoms with Gasteiger partial charge < -0.3 is 5.11 Å². The molecule has 0 aliphatic heterocycles. The highest BCUT2D eigenvalue weighted by Crippen LogP contribution is 2.04. The van der Waals surface area contributed by atoms with E-state index >= 15 is 0 Å². The van der Waals surface area contributed by atoms with Gasteiger partial charge in [-0.1, -0.05) is 18.2 Å². The third kappa shape index (κ3) is 3.05. The second-order valence-corrected chi connectivity index (χ2v) is 2.29. The molecule has 0 fully saturated rings. The molecule has 0 aliphatic carbocycles. The molecule has 0 heterocycles. The predicted molar refractivity (Wildman–Crippen MR) is 44.8 cm³/mol. The second-order valence-electron chi connectivity index (χ2n) is 2.29. The van der Waals surface area contributed by atoms with E-state index in [1.54, 1.807) is 0 Å². The molecule has 0 atom stereocenters. The fourth-order valence-electron chi connectivity index (χ4n) is 0.812. The minimum atomic E-state index is 0.219. The topological polar surface area (TPSA) is 34.3 Å². The first-order chi connectivity index (χ1) is 5.43. The quantitative estimate of drug-likeness (QED) is 0.645. The molecule has 0 aliphatic rings. The van der Waals surface area contributed by atoms with Gasteiger partial charge in [0.05, 0.1) is 5.69 Å². The zero-order chi connectivity index (χ0) is 7.94. The van der Waals surface area contributed by atoms with E-state index < -0.39 is 0 Å². The first-order valence-electron chi connectivity index (χ1n) is 3.77. The third-order valence-corrected chi connectivity index (χ3v) is 1.37. The fraction of sp³-hybridized carbons (Fsp3) is 0.333. The van der Waals surface area contributed by atoms with Crippen molar-refractivity contribution in [2.75, 3.05) is 13.2 Å². The van der Waals surface area contributed by atoms with Crippen LogP contribution in [0.15, 0.2) is 30.3 Å². The van der Waals surface area contributed by atoms with E-state index in [0.29, 0.717) is 6.54 Å². The number of aliphatic hydroxyl groups excluding tert-OH is 1. The molecule has 1 N–H and O–H groups in total. The third-order valence-electron chi connectivity index (χ3n) is 1.37. The SMILES string of the molecule is OCCC[N]c1ccccc1. The molecule has 1 aromatic rings. The van der Waals surface area contributed by atoms with Crippen LogP contribution in [0.5, 0.6) is 0 Å². The van der Waals surface area contributed by atoms with Crippen LogP contribution in [0.3, 0.4) is 0 Å². The zero-order valence-corrected chi connectivity index (χ0v) is 6.40. The molecule has 1 rings (SSSR count). The Hall–Kier alpha value is -1.02. The largest absolute Gasteiger partial charge is 0.396 e. The monoisotopic (exact) mass is 150 g/mol. The molecule has 2 nitrogen and oxygen atoms in total. The van der Waals surface area contributed by atoms with E-state index in [2.05, 4.69) is 5.32 Å². The van der Waals surface area contributed by atoms with Gasteiger partial charge >= 0.3 is 0 Å². The summed E-state index contributed by atoms with van der Waals surface area (Å²) in [5.74, 6) is 0. The number of hydrogen-bond acceptors (Lipinski definition) is 1. The number of para-hydroxylation sites is 1. The number of nitrogens with zero attached hydrogens (tertiary/aromatic N) is 1. The number of rotatable bonds is 4. The first kappa shape index (κ1) is 8.08. The van der Waals surface area contributed by atoms with Gasteiger partial charge in [-0.25, -0.2) is 0 Å². The van der Waals surface area contributed by atoms with Crippen LogP contribution in [-0.2, 0) is 0 Å². The normalized spacial score (nSPS) is 9.55. The highest BCUT2D eigenvalue weighted by atomic mass is 16.3. The van der Waals surface area contributed by atoms with E-state index in [-0.39, 0.29) is 6.61 Å². The van der Waals surface area contributed by atoms with Crippen molar-refractivity contribution < 1.29 is 5.11 Å². The summed E-state index contributed by atoms with van der Waals surface area (Å²) in [6.07, 6.45) is 0.745. The maximum Gasteiger partial charge on any atom is 0.0574 e. The van der Waals surface area contributed by atoms with E-state index in [1.165, 1.54) is 0 Å². The van der Waals surface area contributed by atoms with Crippen LogP contribution < -0.4 is 5.32 Å². The predicted octanol–water partition coefficient (Wildman–Crippen LogP) is 1.30. The van der Waals surface area contributed by atoms with Crippen LogP contribution in [0.1, 0.15) is 6.42 Å². The minimum absolute atomic E-state index is 0.219. The van der Waals surface area contributed by atoms with Gasteiger partial charge in [0.15, 0.2) is 0 Å². The summed E-state index contributed by atoms with van der Waals surface area (Å²) >= 11 is 0. The molecule has 0 saturated carbocycles. The zero-order valence-electron chi connectivity index (χ0n) is 6.40. The lowest BCUT2D eigenvalue weighted by molar-refractivity contribution is 0.288. The molecule has 2 heteroatoms. The molecule has 0 spiro atoms. The van der Waals surface area contributed by atoms with Crippen molar-refractivity contribution in [2.45, 2.75) is 6.42 Å². The maximum atomic E-state index is 8.48. The molecule has 0 aromatic heterocycles. The van der Waals surface area contributed by atoms with Crippen LogP contribution in [0.4, 0.5) is 5.69 Å². The molecule has 0 unspecified atom stereocenters. The Kier molecular flexibility index (Phi) is 3.48. The highest BCUT2D eigenvalue weighted by molar-refractivity contribution is 5.34. The van der Waals surface area contributed by atoms with Gasteiger partial charge in [0.1, 0.15) is 0 Å². The molecule has 0 amide bonds. The summed E-state index contributed by atoms with van der Waals surface area (Å²) in [6.45, 7) is 0.927. The molecule has 1 aromatic carbocycles. The van der Waals surface area contributed by atoms with Gasteiger partial charge in [-0.15, -0.1) is 0 Å².